The molecule has 0 heterocycles. The second-order valence-electron chi connectivity index (χ2n) is 7.58. The van der Waals surface area contributed by atoms with Crippen LogP contribution < -0.4 is 0 Å². The van der Waals surface area contributed by atoms with E-state index in [0.717, 1.165) is 5.56 Å². The highest BCUT2D eigenvalue weighted by molar-refractivity contribution is 5.97. The van der Waals surface area contributed by atoms with Crippen molar-refractivity contribution in [3.63, 3.8) is 0 Å². The third-order valence-corrected chi connectivity index (χ3v) is 4.57. The molecule has 1 unspecified atom stereocenters. The van der Waals surface area contributed by atoms with Crippen molar-refractivity contribution in [1.29, 1.82) is 0 Å². The quantitative estimate of drug-likeness (QED) is 0.501. The van der Waals surface area contributed by atoms with E-state index in [-0.39, 0.29) is 12.4 Å². The van der Waals surface area contributed by atoms with Crippen LogP contribution in [-0.4, -0.2) is 11.8 Å². The first-order valence-corrected chi connectivity index (χ1v) is 8.89. The fraction of sp³-hybridized carbons (Fsp3) is 0.619. The molecule has 1 aromatic carbocycles. The number of carbonyl (C=O) groups is 2. The Bertz CT molecular complexity index is 568. The zero-order valence-corrected chi connectivity index (χ0v) is 16.4. The summed E-state index contributed by atoms with van der Waals surface area (Å²) < 4.78 is 5.47. The summed E-state index contributed by atoms with van der Waals surface area (Å²) in [5.74, 6) is -0.164. The van der Waals surface area contributed by atoms with Crippen LogP contribution in [-0.2, 0) is 20.9 Å². The number of hydrogen-bond donors (Lipinski definition) is 0. The van der Waals surface area contributed by atoms with Gasteiger partial charge in [0.25, 0.3) is 0 Å². The van der Waals surface area contributed by atoms with Gasteiger partial charge in [-0.05, 0) is 53.9 Å². The lowest BCUT2D eigenvalue weighted by Gasteiger charge is -2.23. The van der Waals surface area contributed by atoms with Crippen molar-refractivity contribution in [3.8, 4) is 0 Å². The van der Waals surface area contributed by atoms with E-state index in [1.54, 1.807) is 6.92 Å². The van der Waals surface area contributed by atoms with Crippen molar-refractivity contribution >= 4 is 11.8 Å². The van der Waals surface area contributed by atoms with E-state index in [4.69, 9.17) is 4.74 Å². The molecule has 1 atom stereocenters. The second kappa shape index (κ2) is 8.46. The molecule has 0 saturated heterocycles. The minimum atomic E-state index is -0.704. The maximum absolute atomic E-state index is 12.1. The molecule has 0 amide bonds. The van der Waals surface area contributed by atoms with Gasteiger partial charge in [0.05, 0.1) is 0 Å². The highest BCUT2D eigenvalue weighted by Crippen LogP contribution is 2.32. The largest absolute Gasteiger partial charge is 0.460 e. The molecule has 134 valence electrons. The molecule has 24 heavy (non-hydrogen) atoms. The number of rotatable bonds is 7. The van der Waals surface area contributed by atoms with Crippen LogP contribution in [0, 0.1) is 5.92 Å². The Hall–Kier alpha value is -1.64. The first-order chi connectivity index (χ1) is 11.1. The van der Waals surface area contributed by atoms with Crippen LogP contribution in [0.2, 0.25) is 0 Å². The SMILES string of the molecule is CC(=O)C(C)C(=O)OCc1c(C(C)C)cc(C(C)C)cc1C(C)C. The normalized spacial score (nSPS) is 12.8. The molecular formula is C21H32O3. The lowest BCUT2D eigenvalue weighted by Crippen LogP contribution is -2.21. The number of carbonyl (C=O) groups excluding carboxylic acids is 2. The van der Waals surface area contributed by atoms with Crippen LogP contribution in [0.5, 0.6) is 0 Å². The fourth-order valence-electron chi connectivity index (χ4n) is 2.71. The van der Waals surface area contributed by atoms with Crippen molar-refractivity contribution in [1.82, 2.24) is 0 Å². The van der Waals surface area contributed by atoms with Crippen molar-refractivity contribution in [2.24, 2.45) is 5.92 Å². The van der Waals surface area contributed by atoms with Gasteiger partial charge in [0, 0.05) is 0 Å². The highest BCUT2D eigenvalue weighted by atomic mass is 16.5. The molecule has 0 saturated carbocycles. The van der Waals surface area contributed by atoms with Gasteiger partial charge < -0.3 is 4.74 Å². The number of ketones is 1. The van der Waals surface area contributed by atoms with E-state index in [0.29, 0.717) is 17.8 Å². The predicted octanol–water partition coefficient (Wildman–Crippen LogP) is 5.33. The zero-order valence-electron chi connectivity index (χ0n) is 16.4. The maximum atomic E-state index is 12.1. The Kier molecular flexibility index (Phi) is 7.19. The summed E-state index contributed by atoms with van der Waals surface area (Å²) in [5, 5.41) is 0. The Morgan fingerprint density at radius 2 is 1.33 bits per heavy atom. The molecule has 1 rings (SSSR count). The summed E-state index contributed by atoms with van der Waals surface area (Å²) in [5.41, 5.74) is 4.87. The average molecular weight is 332 g/mol. The first-order valence-electron chi connectivity index (χ1n) is 8.89. The predicted molar refractivity (Wildman–Crippen MR) is 98.4 cm³/mol. The van der Waals surface area contributed by atoms with E-state index >= 15 is 0 Å². The minimum Gasteiger partial charge on any atom is -0.460 e. The van der Waals surface area contributed by atoms with Crippen molar-refractivity contribution in [3.05, 3.63) is 34.4 Å². The molecule has 0 spiro atoms. The van der Waals surface area contributed by atoms with Crippen LogP contribution in [0.15, 0.2) is 12.1 Å². The number of Topliss-reactive ketones (excluding diaryl/α,β-unsaturated/α-hetero) is 1. The van der Waals surface area contributed by atoms with Gasteiger partial charge in [0.2, 0.25) is 0 Å². The summed E-state index contributed by atoms with van der Waals surface area (Å²) in [6, 6.07) is 4.47. The zero-order chi connectivity index (χ0) is 18.6. The van der Waals surface area contributed by atoms with Gasteiger partial charge in [-0.2, -0.15) is 0 Å². The highest BCUT2D eigenvalue weighted by Gasteiger charge is 2.22. The Morgan fingerprint density at radius 3 is 1.67 bits per heavy atom. The van der Waals surface area contributed by atoms with E-state index in [1.807, 2.05) is 0 Å². The monoisotopic (exact) mass is 332 g/mol. The Labute approximate surface area is 146 Å². The first kappa shape index (κ1) is 20.4. The van der Waals surface area contributed by atoms with Crippen molar-refractivity contribution in [2.45, 2.75) is 79.8 Å². The van der Waals surface area contributed by atoms with E-state index < -0.39 is 11.9 Å². The van der Waals surface area contributed by atoms with Gasteiger partial charge in [-0.15, -0.1) is 0 Å². The standard InChI is InChI=1S/C21H32O3/c1-12(2)17-9-18(13(3)4)20(19(10-17)14(5)6)11-24-21(23)15(7)16(8)22/h9-10,12-15H,11H2,1-8H3. The van der Waals surface area contributed by atoms with Crippen LogP contribution in [0.3, 0.4) is 0 Å². The summed E-state index contributed by atoms with van der Waals surface area (Å²) >= 11 is 0. The molecule has 1 aromatic rings. The van der Waals surface area contributed by atoms with Gasteiger partial charge in [0.15, 0.2) is 0 Å². The molecule has 0 aliphatic carbocycles. The summed E-state index contributed by atoms with van der Waals surface area (Å²) in [4.78, 5) is 23.4. The van der Waals surface area contributed by atoms with Crippen LogP contribution in [0.1, 0.15) is 95.4 Å². The molecule has 0 aromatic heterocycles. The molecule has 0 bridgehead atoms. The van der Waals surface area contributed by atoms with Crippen LogP contribution >= 0.6 is 0 Å². The molecule has 0 aliphatic rings. The molecule has 3 heteroatoms. The van der Waals surface area contributed by atoms with E-state index in [2.05, 4.69) is 53.7 Å². The molecular weight excluding hydrogens is 300 g/mol. The van der Waals surface area contributed by atoms with Gasteiger partial charge in [-0.3, -0.25) is 9.59 Å². The van der Waals surface area contributed by atoms with Crippen molar-refractivity contribution in [2.75, 3.05) is 0 Å². The minimum absolute atomic E-state index is 0.164. The van der Waals surface area contributed by atoms with Gasteiger partial charge in [-0.25, -0.2) is 0 Å². The van der Waals surface area contributed by atoms with Crippen molar-refractivity contribution < 1.29 is 14.3 Å². The molecule has 0 fully saturated rings. The molecule has 0 radical (unpaired) electrons. The topological polar surface area (TPSA) is 43.4 Å². The number of ether oxygens (including phenoxy) is 1. The third-order valence-electron chi connectivity index (χ3n) is 4.57. The van der Waals surface area contributed by atoms with Gasteiger partial charge in [-0.1, -0.05) is 53.7 Å². The van der Waals surface area contributed by atoms with E-state index in [1.165, 1.54) is 23.6 Å². The lowest BCUT2D eigenvalue weighted by molar-refractivity contribution is -0.152. The lowest BCUT2D eigenvalue weighted by atomic mass is 9.85. The number of esters is 1. The molecule has 0 N–H and O–H groups in total. The van der Waals surface area contributed by atoms with E-state index in [9.17, 15) is 9.59 Å². The summed E-state index contributed by atoms with van der Waals surface area (Å²) in [6.07, 6.45) is 0. The summed E-state index contributed by atoms with van der Waals surface area (Å²) in [7, 11) is 0. The smallest absolute Gasteiger partial charge is 0.316 e. The Balaban J connectivity index is 3.24. The fourth-order valence-corrected chi connectivity index (χ4v) is 2.71. The second-order valence-corrected chi connectivity index (χ2v) is 7.58. The molecule has 0 aliphatic heterocycles. The van der Waals surface area contributed by atoms with Crippen LogP contribution in [0.4, 0.5) is 0 Å². The Morgan fingerprint density at radius 1 is 0.875 bits per heavy atom. The maximum Gasteiger partial charge on any atom is 0.316 e. The van der Waals surface area contributed by atoms with Gasteiger partial charge in [0.1, 0.15) is 18.3 Å². The van der Waals surface area contributed by atoms with Crippen LogP contribution in [0.25, 0.3) is 0 Å². The number of hydrogen-bond acceptors (Lipinski definition) is 3. The number of benzene rings is 1. The average Bonchev–Trinajstić information content (AvgIpc) is 2.50. The molecule has 3 nitrogen and oxygen atoms in total. The summed E-state index contributed by atoms with van der Waals surface area (Å²) in [6.45, 7) is 16.3. The van der Waals surface area contributed by atoms with Gasteiger partial charge >= 0.3 is 5.97 Å². The third kappa shape index (κ3) is 4.93.